The number of nitrogens with one attached hydrogen (secondary N) is 1. The summed E-state index contributed by atoms with van der Waals surface area (Å²) in [4.78, 5) is 36.8. The number of halogens is 1. The van der Waals surface area contributed by atoms with Crippen molar-refractivity contribution in [1.29, 1.82) is 0 Å². The molecule has 1 atom stereocenters. The van der Waals surface area contributed by atoms with Crippen molar-refractivity contribution in [2.75, 3.05) is 0 Å². The summed E-state index contributed by atoms with van der Waals surface area (Å²) in [6.45, 7) is -0.624. The molecule has 0 fully saturated rings. The Bertz CT molecular complexity index is 1070. The third kappa shape index (κ3) is 6.37. The van der Waals surface area contributed by atoms with Crippen LogP contribution in [-0.2, 0) is 29.4 Å². The van der Waals surface area contributed by atoms with E-state index in [4.69, 9.17) is 4.74 Å². The molecule has 1 heterocycles. The molecule has 168 valence electrons. The molecular formula is C23H24FN3O5. The van der Waals surface area contributed by atoms with Crippen molar-refractivity contribution < 1.29 is 23.2 Å². The highest BCUT2D eigenvalue weighted by atomic mass is 19.1. The van der Waals surface area contributed by atoms with Crippen LogP contribution in [0.25, 0.3) is 0 Å². The van der Waals surface area contributed by atoms with Gasteiger partial charge in [-0.1, -0.05) is 53.7 Å². The molecule has 8 nitrogen and oxygen atoms in total. The molecular weight excluding hydrogens is 417 g/mol. The lowest BCUT2D eigenvalue weighted by Crippen LogP contribution is -2.41. The van der Waals surface area contributed by atoms with Gasteiger partial charge in [0.15, 0.2) is 12.5 Å². The Hall–Kier alpha value is -3.75. The second-order valence-electron chi connectivity index (χ2n) is 7.13. The predicted octanol–water partition coefficient (Wildman–Crippen LogP) is 3.02. The normalized spacial score (nSPS) is 11.7. The Labute approximate surface area is 184 Å². The molecule has 2 aromatic carbocycles. The van der Waals surface area contributed by atoms with Gasteiger partial charge < -0.3 is 10.1 Å². The summed E-state index contributed by atoms with van der Waals surface area (Å²) in [6, 6.07) is 16.9. The molecule has 0 spiro atoms. The van der Waals surface area contributed by atoms with Crippen LogP contribution in [0.2, 0.25) is 0 Å². The summed E-state index contributed by atoms with van der Waals surface area (Å²) in [5.74, 6) is -1.74. The van der Waals surface area contributed by atoms with Gasteiger partial charge in [-0.25, -0.2) is 14.0 Å². The molecule has 3 rings (SSSR count). The number of amides is 1. The van der Waals surface area contributed by atoms with E-state index in [-0.39, 0.29) is 31.3 Å². The molecule has 1 aromatic heterocycles. The highest BCUT2D eigenvalue weighted by Gasteiger charge is 2.23. The van der Waals surface area contributed by atoms with Crippen molar-refractivity contribution in [2.45, 2.75) is 45.1 Å². The van der Waals surface area contributed by atoms with Crippen molar-refractivity contribution in [1.82, 2.24) is 15.0 Å². The van der Waals surface area contributed by atoms with Crippen molar-refractivity contribution in [3.63, 3.8) is 0 Å². The molecule has 3 aromatic rings. The first-order valence-corrected chi connectivity index (χ1v) is 10.3. The Morgan fingerprint density at radius 1 is 1.06 bits per heavy atom. The summed E-state index contributed by atoms with van der Waals surface area (Å²) in [5.41, 5.74) is 1.26. The van der Waals surface area contributed by atoms with Gasteiger partial charge in [0.2, 0.25) is 0 Å². The van der Waals surface area contributed by atoms with Gasteiger partial charge in [0, 0.05) is 12.1 Å². The van der Waals surface area contributed by atoms with Crippen molar-refractivity contribution in [3.05, 3.63) is 88.2 Å². The smallest absolute Gasteiger partial charge is 0.441 e. The van der Waals surface area contributed by atoms with E-state index in [0.717, 1.165) is 10.1 Å². The van der Waals surface area contributed by atoms with E-state index in [0.29, 0.717) is 18.4 Å². The van der Waals surface area contributed by atoms with Crippen LogP contribution in [0.3, 0.4) is 0 Å². The van der Waals surface area contributed by atoms with Gasteiger partial charge in [-0.2, -0.15) is 0 Å². The number of hydrogen-bond acceptors (Lipinski definition) is 6. The number of aromatic nitrogens is 2. The molecule has 0 saturated heterocycles. The number of carbonyl (C=O) groups is 2. The quantitative estimate of drug-likeness (QED) is 0.362. The molecule has 32 heavy (non-hydrogen) atoms. The molecule has 0 aliphatic rings. The number of ether oxygens (including phenoxy) is 1. The van der Waals surface area contributed by atoms with E-state index >= 15 is 0 Å². The number of benzene rings is 2. The Kier molecular flexibility index (Phi) is 8.30. The summed E-state index contributed by atoms with van der Waals surface area (Å²) < 4.78 is 23.9. The van der Waals surface area contributed by atoms with Crippen molar-refractivity contribution >= 4 is 11.9 Å². The number of alkyl halides is 1. The summed E-state index contributed by atoms with van der Waals surface area (Å²) in [7, 11) is 0. The van der Waals surface area contributed by atoms with E-state index in [9.17, 15) is 18.8 Å². The van der Waals surface area contributed by atoms with Crippen LogP contribution < -0.4 is 11.1 Å². The van der Waals surface area contributed by atoms with Gasteiger partial charge in [0.1, 0.15) is 12.6 Å². The highest BCUT2D eigenvalue weighted by Crippen LogP contribution is 2.10. The lowest BCUT2D eigenvalue weighted by Gasteiger charge is -2.18. The lowest BCUT2D eigenvalue weighted by molar-refractivity contribution is -0.147. The zero-order chi connectivity index (χ0) is 22.8. The first-order chi connectivity index (χ1) is 15.6. The summed E-state index contributed by atoms with van der Waals surface area (Å²) >= 11 is 0. The molecule has 0 bridgehead atoms. The van der Waals surface area contributed by atoms with E-state index in [1.807, 2.05) is 30.3 Å². The minimum absolute atomic E-state index is 0.0776. The molecule has 0 aliphatic heterocycles. The van der Waals surface area contributed by atoms with Gasteiger partial charge in [-0.3, -0.25) is 13.9 Å². The van der Waals surface area contributed by atoms with Crippen LogP contribution in [0.4, 0.5) is 4.39 Å². The maximum atomic E-state index is 12.9. The minimum atomic E-state index is -0.909. The van der Waals surface area contributed by atoms with Crippen LogP contribution in [0.15, 0.2) is 70.0 Å². The molecule has 0 radical (unpaired) electrons. The molecule has 0 aliphatic carbocycles. The number of hydrogen-bond donors (Lipinski definition) is 1. The third-order valence-electron chi connectivity index (χ3n) is 4.85. The Morgan fingerprint density at radius 2 is 1.75 bits per heavy atom. The van der Waals surface area contributed by atoms with Crippen molar-refractivity contribution in [3.8, 4) is 0 Å². The summed E-state index contributed by atoms with van der Waals surface area (Å²) in [5, 5.41) is 6.10. The van der Waals surface area contributed by atoms with E-state index in [1.54, 1.807) is 30.3 Å². The first-order valence-electron chi connectivity index (χ1n) is 10.3. The number of rotatable bonds is 11. The fourth-order valence-electron chi connectivity index (χ4n) is 3.14. The molecule has 9 heteroatoms. The average molecular weight is 441 g/mol. The molecule has 1 amide bonds. The van der Waals surface area contributed by atoms with Crippen LogP contribution in [0, 0.1) is 0 Å². The first kappa shape index (κ1) is 22.9. The largest absolute Gasteiger partial charge is 0.459 e. The van der Waals surface area contributed by atoms with Gasteiger partial charge in [0.05, 0.1) is 0 Å². The highest BCUT2D eigenvalue weighted by molar-refractivity contribution is 5.96. The predicted molar refractivity (Wildman–Crippen MR) is 113 cm³/mol. The van der Waals surface area contributed by atoms with E-state index < -0.39 is 24.4 Å². The second kappa shape index (κ2) is 11.6. The monoisotopic (exact) mass is 441 g/mol. The fraction of sp³-hybridized carbons (Fsp3) is 0.304. The number of unbranched alkanes of at least 4 members (excludes halogenated alkanes) is 1. The standard InChI is InChI=1S/C23H24FN3O5/c24-15-20-26-32-23(30)27(20)14-8-7-13-19(25-21(28)18-11-5-2-6-12-18)22(29)31-16-17-9-3-1-4-10-17/h1-6,9-12,19H,7-8,13-16H2,(H,25,28). The van der Waals surface area contributed by atoms with Gasteiger partial charge in [-0.05, 0) is 37.0 Å². The van der Waals surface area contributed by atoms with E-state index in [2.05, 4.69) is 15.0 Å². The third-order valence-corrected chi connectivity index (χ3v) is 4.85. The van der Waals surface area contributed by atoms with E-state index in [1.165, 1.54) is 0 Å². The Balaban J connectivity index is 1.60. The second-order valence-corrected chi connectivity index (χ2v) is 7.13. The zero-order valence-corrected chi connectivity index (χ0v) is 17.4. The van der Waals surface area contributed by atoms with Crippen LogP contribution in [-0.4, -0.2) is 27.6 Å². The number of esters is 1. The Morgan fingerprint density at radius 3 is 2.44 bits per heavy atom. The number of nitrogens with zero attached hydrogens (tertiary/aromatic N) is 2. The maximum Gasteiger partial charge on any atom is 0.441 e. The SMILES string of the molecule is O=C(NC(CCCCn1c(CF)noc1=O)C(=O)OCc1ccccc1)c1ccccc1. The number of carbonyl (C=O) groups excluding carboxylic acids is 2. The lowest BCUT2D eigenvalue weighted by atomic mass is 10.1. The van der Waals surface area contributed by atoms with Gasteiger partial charge in [-0.15, -0.1) is 0 Å². The van der Waals surface area contributed by atoms with Crippen molar-refractivity contribution in [2.24, 2.45) is 0 Å². The fourth-order valence-corrected chi connectivity index (χ4v) is 3.14. The minimum Gasteiger partial charge on any atom is -0.459 e. The topological polar surface area (TPSA) is 103 Å². The molecule has 1 N–H and O–H groups in total. The van der Waals surface area contributed by atoms with Gasteiger partial charge >= 0.3 is 11.7 Å². The van der Waals surface area contributed by atoms with Crippen LogP contribution in [0.1, 0.15) is 41.0 Å². The van der Waals surface area contributed by atoms with Crippen LogP contribution >= 0.6 is 0 Å². The zero-order valence-electron chi connectivity index (χ0n) is 17.4. The summed E-state index contributed by atoms with van der Waals surface area (Å²) in [6.07, 6.45) is 1.22. The van der Waals surface area contributed by atoms with Gasteiger partial charge in [0.25, 0.3) is 5.91 Å². The molecule has 1 unspecified atom stereocenters. The maximum absolute atomic E-state index is 12.9. The average Bonchev–Trinajstić information content (AvgIpc) is 3.19. The molecule has 0 saturated carbocycles. The van der Waals surface area contributed by atoms with Crippen LogP contribution in [0.5, 0.6) is 0 Å².